The first-order valence-electron chi connectivity index (χ1n) is 10.4. The second kappa shape index (κ2) is 10.3. The minimum absolute atomic E-state index is 0.255. The minimum atomic E-state index is -1.55. The summed E-state index contributed by atoms with van der Waals surface area (Å²) in [6, 6.07) is 18.6. The highest BCUT2D eigenvalue weighted by atomic mass is 32.2. The SMILES string of the molecule is COc1ccc(C(=O)c2cc(-c3ccnc(Nc4ccc(S(N)=O)cc4)n3)ccc2N)cc1OC. The van der Waals surface area contributed by atoms with Gasteiger partial charge < -0.3 is 20.5 Å². The molecular weight excluding hydrogens is 466 g/mol. The Morgan fingerprint density at radius 1 is 0.943 bits per heavy atom. The topological polar surface area (TPSA) is 142 Å². The van der Waals surface area contributed by atoms with Gasteiger partial charge in [-0.2, -0.15) is 0 Å². The molecule has 0 spiro atoms. The lowest BCUT2D eigenvalue weighted by molar-refractivity contribution is 0.103. The summed E-state index contributed by atoms with van der Waals surface area (Å²) < 4.78 is 21.9. The third-order valence-corrected chi connectivity index (χ3v) is 5.97. The largest absolute Gasteiger partial charge is 0.493 e. The maximum absolute atomic E-state index is 13.2. The monoisotopic (exact) mass is 489 g/mol. The first kappa shape index (κ1) is 23.9. The van der Waals surface area contributed by atoms with Crippen LogP contribution in [0.1, 0.15) is 15.9 Å². The van der Waals surface area contributed by atoms with Gasteiger partial charge in [-0.05, 0) is 60.7 Å². The molecule has 10 heteroatoms. The molecule has 0 aliphatic heterocycles. The van der Waals surface area contributed by atoms with Gasteiger partial charge in [0.1, 0.15) is 11.0 Å². The molecular formula is C25H23N5O4S. The molecule has 1 aromatic heterocycles. The molecule has 4 rings (SSSR count). The van der Waals surface area contributed by atoms with Gasteiger partial charge in [0, 0.05) is 34.3 Å². The Kier molecular flexibility index (Phi) is 7.04. The Morgan fingerprint density at radius 3 is 2.37 bits per heavy atom. The molecule has 1 atom stereocenters. The number of ether oxygens (including phenoxy) is 2. The Hall–Kier alpha value is -4.28. The van der Waals surface area contributed by atoms with Crippen LogP contribution in [-0.2, 0) is 11.0 Å². The van der Waals surface area contributed by atoms with Crippen molar-refractivity contribution in [3.63, 3.8) is 0 Å². The maximum Gasteiger partial charge on any atom is 0.227 e. The van der Waals surface area contributed by atoms with Crippen LogP contribution in [-0.4, -0.2) is 34.2 Å². The van der Waals surface area contributed by atoms with E-state index >= 15 is 0 Å². The van der Waals surface area contributed by atoms with Gasteiger partial charge >= 0.3 is 0 Å². The first-order valence-corrected chi connectivity index (χ1v) is 11.6. The van der Waals surface area contributed by atoms with Crippen molar-refractivity contribution >= 4 is 34.1 Å². The number of carbonyl (C=O) groups is 1. The van der Waals surface area contributed by atoms with Crippen LogP contribution in [0.15, 0.2) is 77.8 Å². The van der Waals surface area contributed by atoms with Gasteiger partial charge in [0.15, 0.2) is 17.3 Å². The summed E-state index contributed by atoms with van der Waals surface area (Å²) in [6.07, 6.45) is 1.61. The number of methoxy groups -OCH3 is 2. The quantitative estimate of drug-likeness (QED) is 0.251. The van der Waals surface area contributed by atoms with E-state index in [1.54, 1.807) is 72.9 Å². The average molecular weight is 490 g/mol. The maximum atomic E-state index is 13.2. The zero-order valence-corrected chi connectivity index (χ0v) is 19.8. The lowest BCUT2D eigenvalue weighted by Gasteiger charge is -2.12. The summed E-state index contributed by atoms with van der Waals surface area (Å²) in [5, 5.41) is 8.49. The summed E-state index contributed by atoms with van der Waals surface area (Å²) in [5.41, 5.74) is 9.25. The molecule has 0 amide bonds. The third kappa shape index (κ3) is 5.29. The molecule has 0 bridgehead atoms. The van der Waals surface area contributed by atoms with Gasteiger partial charge in [-0.3, -0.25) is 4.79 Å². The predicted octanol–water partition coefficient (Wildman–Crippen LogP) is 3.70. The molecule has 4 aromatic rings. The molecule has 0 saturated heterocycles. The van der Waals surface area contributed by atoms with Crippen molar-refractivity contribution < 1.29 is 18.5 Å². The summed E-state index contributed by atoms with van der Waals surface area (Å²) in [6.45, 7) is 0. The number of benzene rings is 3. The van der Waals surface area contributed by atoms with Crippen molar-refractivity contribution in [3.05, 3.63) is 84.1 Å². The smallest absolute Gasteiger partial charge is 0.227 e. The van der Waals surface area contributed by atoms with E-state index in [1.165, 1.54) is 14.2 Å². The standard InChI is InChI=1S/C25H23N5O4S/c1-33-22-10-4-16(14-23(22)34-2)24(31)19-13-15(3-9-20(19)26)21-11-12-28-25(30-21)29-17-5-7-18(8-6-17)35(27)32/h3-14H,26-27H2,1-2H3,(H,28,29,30). The van der Waals surface area contributed by atoms with E-state index in [4.69, 9.17) is 20.3 Å². The zero-order chi connectivity index (χ0) is 24.9. The predicted molar refractivity (Wildman–Crippen MR) is 135 cm³/mol. The molecule has 1 heterocycles. The van der Waals surface area contributed by atoms with Crippen molar-refractivity contribution in [2.75, 3.05) is 25.3 Å². The van der Waals surface area contributed by atoms with Crippen LogP contribution in [0.3, 0.4) is 0 Å². The van der Waals surface area contributed by atoms with Crippen LogP contribution in [0, 0.1) is 0 Å². The highest BCUT2D eigenvalue weighted by molar-refractivity contribution is 7.82. The number of rotatable bonds is 8. The fourth-order valence-electron chi connectivity index (χ4n) is 3.43. The van der Waals surface area contributed by atoms with Crippen LogP contribution in [0.25, 0.3) is 11.3 Å². The van der Waals surface area contributed by atoms with Crippen molar-refractivity contribution in [1.29, 1.82) is 0 Å². The molecule has 5 N–H and O–H groups in total. The fraction of sp³-hybridized carbons (Fsp3) is 0.0800. The highest BCUT2D eigenvalue weighted by Gasteiger charge is 2.17. The summed E-state index contributed by atoms with van der Waals surface area (Å²) in [4.78, 5) is 22.6. The molecule has 3 aromatic carbocycles. The van der Waals surface area contributed by atoms with Crippen LogP contribution >= 0.6 is 0 Å². The Balaban J connectivity index is 1.62. The van der Waals surface area contributed by atoms with E-state index in [0.29, 0.717) is 56.1 Å². The number of hydrogen-bond donors (Lipinski definition) is 3. The van der Waals surface area contributed by atoms with E-state index in [9.17, 15) is 9.00 Å². The lowest BCUT2D eigenvalue weighted by Crippen LogP contribution is -2.07. The van der Waals surface area contributed by atoms with Crippen molar-refractivity contribution in [3.8, 4) is 22.8 Å². The third-order valence-electron chi connectivity index (χ3n) is 5.24. The molecule has 0 radical (unpaired) electrons. The summed E-state index contributed by atoms with van der Waals surface area (Å²) in [5.74, 6) is 1.08. The van der Waals surface area contributed by atoms with Crippen molar-refractivity contribution in [2.24, 2.45) is 5.14 Å². The number of anilines is 3. The van der Waals surface area contributed by atoms with E-state index in [1.807, 2.05) is 0 Å². The number of hydrogen-bond acceptors (Lipinski definition) is 8. The number of nitrogens with one attached hydrogen (secondary N) is 1. The molecule has 1 unspecified atom stereocenters. The average Bonchev–Trinajstić information content (AvgIpc) is 2.88. The molecule has 0 fully saturated rings. The molecule has 35 heavy (non-hydrogen) atoms. The number of carbonyl (C=O) groups excluding carboxylic acids is 1. The summed E-state index contributed by atoms with van der Waals surface area (Å²) >= 11 is 0. The second-order valence-corrected chi connectivity index (χ2v) is 8.48. The van der Waals surface area contributed by atoms with E-state index in [0.717, 1.165) is 0 Å². The van der Waals surface area contributed by atoms with Gasteiger partial charge in [0.05, 0.1) is 24.8 Å². The van der Waals surface area contributed by atoms with Crippen LogP contribution in [0.5, 0.6) is 11.5 Å². The second-order valence-electron chi connectivity index (χ2n) is 7.41. The number of aromatic nitrogens is 2. The van der Waals surface area contributed by atoms with E-state index in [2.05, 4.69) is 15.3 Å². The van der Waals surface area contributed by atoms with Gasteiger partial charge in [0.2, 0.25) is 5.95 Å². The Labute approximate surface area is 204 Å². The Bertz CT molecular complexity index is 1410. The van der Waals surface area contributed by atoms with Crippen molar-refractivity contribution in [2.45, 2.75) is 4.90 Å². The normalized spacial score (nSPS) is 11.5. The summed E-state index contributed by atoms with van der Waals surface area (Å²) in [7, 11) is 1.49. The minimum Gasteiger partial charge on any atom is -0.493 e. The zero-order valence-electron chi connectivity index (χ0n) is 19.0. The van der Waals surface area contributed by atoms with E-state index < -0.39 is 11.0 Å². The number of ketones is 1. The van der Waals surface area contributed by atoms with Gasteiger partial charge in [-0.1, -0.05) is 6.07 Å². The van der Waals surface area contributed by atoms with Crippen LogP contribution < -0.4 is 25.7 Å². The molecule has 0 aliphatic rings. The van der Waals surface area contributed by atoms with Gasteiger partial charge in [-0.15, -0.1) is 0 Å². The molecule has 0 aliphatic carbocycles. The number of nitrogen functional groups attached to an aromatic ring is 1. The number of nitrogens with zero attached hydrogens (tertiary/aromatic N) is 2. The van der Waals surface area contributed by atoms with Gasteiger partial charge in [-0.25, -0.2) is 19.3 Å². The molecule has 0 saturated carbocycles. The highest BCUT2D eigenvalue weighted by Crippen LogP contribution is 2.30. The fourth-order valence-corrected chi connectivity index (χ4v) is 3.83. The first-order chi connectivity index (χ1) is 16.9. The van der Waals surface area contributed by atoms with Crippen LogP contribution in [0.2, 0.25) is 0 Å². The molecule has 9 nitrogen and oxygen atoms in total. The number of nitrogens with two attached hydrogens (primary N) is 2. The lowest BCUT2D eigenvalue weighted by atomic mass is 9.98. The van der Waals surface area contributed by atoms with Gasteiger partial charge in [0.25, 0.3) is 0 Å². The van der Waals surface area contributed by atoms with E-state index in [-0.39, 0.29) is 5.78 Å². The molecule has 178 valence electrons. The van der Waals surface area contributed by atoms with Crippen molar-refractivity contribution in [1.82, 2.24) is 9.97 Å². The van der Waals surface area contributed by atoms with Crippen LogP contribution in [0.4, 0.5) is 17.3 Å². The Morgan fingerprint density at radius 2 is 1.69 bits per heavy atom.